The van der Waals surface area contributed by atoms with E-state index in [1.54, 1.807) is 26.4 Å². The number of benzene rings is 1. The third kappa shape index (κ3) is 8.91. The zero-order valence-electron chi connectivity index (χ0n) is 19.9. The molecule has 0 spiro atoms. The quantitative estimate of drug-likeness (QED) is 0.394. The molecule has 6 nitrogen and oxygen atoms in total. The minimum atomic E-state index is -0.155. The van der Waals surface area contributed by atoms with Gasteiger partial charge in [0.15, 0.2) is 0 Å². The SMILES string of the molecule is COCCNC(=O)c1ccc(OC)cc1OC1CCN(CC(C)CCC=C(C)C)CC1. The molecule has 1 heterocycles. The van der Waals surface area contributed by atoms with Crippen LogP contribution < -0.4 is 14.8 Å². The van der Waals surface area contributed by atoms with E-state index >= 15 is 0 Å². The molecule has 0 aromatic heterocycles. The Labute approximate surface area is 187 Å². The Bertz CT molecular complexity index is 707. The molecular weight excluding hydrogens is 392 g/mol. The molecule has 31 heavy (non-hydrogen) atoms. The number of nitrogens with zero attached hydrogens (tertiary/aromatic N) is 1. The second kappa shape index (κ2) is 13.4. The van der Waals surface area contributed by atoms with E-state index in [4.69, 9.17) is 14.2 Å². The van der Waals surface area contributed by atoms with Gasteiger partial charge in [0.1, 0.15) is 17.6 Å². The number of hydrogen-bond acceptors (Lipinski definition) is 5. The van der Waals surface area contributed by atoms with Crippen molar-refractivity contribution < 1.29 is 19.0 Å². The molecule has 174 valence electrons. The summed E-state index contributed by atoms with van der Waals surface area (Å²) in [6, 6.07) is 5.36. The van der Waals surface area contributed by atoms with E-state index in [1.807, 2.05) is 6.07 Å². The molecule has 6 heteroatoms. The Morgan fingerprint density at radius 1 is 1.26 bits per heavy atom. The van der Waals surface area contributed by atoms with Crippen LogP contribution in [0.5, 0.6) is 11.5 Å². The Morgan fingerprint density at radius 2 is 2.00 bits per heavy atom. The monoisotopic (exact) mass is 432 g/mol. The first-order valence-corrected chi connectivity index (χ1v) is 11.4. The van der Waals surface area contributed by atoms with Gasteiger partial charge in [-0.05, 0) is 57.6 Å². The third-order valence-electron chi connectivity index (χ3n) is 5.64. The molecule has 1 amide bonds. The van der Waals surface area contributed by atoms with Crippen LogP contribution in [0.25, 0.3) is 0 Å². The lowest BCUT2D eigenvalue weighted by Crippen LogP contribution is -2.40. The lowest BCUT2D eigenvalue weighted by molar-refractivity contribution is 0.0860. The molecule has 2 rings (SSSR count). The summed E-state index contributed by atoms with van der Waals surface area (Å²) < 4.78 is 16.6. The third-order valence-corrected chi connectivity index (χ3v) is 5.64. The van der Waals surface area contributed by atoms with Crippen molar-refractivity contribution in [2.24, 2.45) is 5.92 Å². The highest BCUT2D eigenvalue weighted by molar-refractivity contribution is 5.97. The molecule has 1 aliphatic heterocycles. The summed E-state index contributed by atoms with van der Waals surface area (Å²) in [6.07, 6.45) is 6.75. The van der Waals surface area contributed by atoms with Gasteiger partial charge in [0, 0.05) is 39.4 Å². The zero-order chi connectivity index (χ0) is 22.6. The first-order chi connectivity index (χ1) is 14.9. The number of carbonyl (C=O) groups excluding carboxylic acids is 1. The number of methoxy groups -OCH3 is 2. The summed E-state index contributed by atoms with van der Waals surface area (Å²) in [5.41, 5.74) is 1.93. The van der Waals surface area contributed by atoms with Crippen molar-refractivity contribution in [1.29, 1.82) is 0 Å². The predicted molar refractivity (Wildman–Crippen MR) is 125 cm³/mol. The van der Waals surface area contributed by atoms with Crippen molar-refractivity contribution in [3.63, 3.8) is 0 Å². The number of amides is 1. The lowest BCUT2D eigenvalue weighted by Gasteiger charge is -2.34. The number of ether oxygens (including phenoxy) is 3. The molecule has 1 aromatic carbocycles. The predicted octanol–water partition coefficient (Wildman–Crippen LogP) is 4.30. The van der Waals surface area contributed by atoms with Crippen molar-refractivity contribution >= 4 is 5.91 Å². The normalized spacial score (nSPS) is 15.9. The average Bonchev–Trinajstić information content (AvgIpc) is 2.75. The van der Waals surface area contributed by atoms with Gasteiger partial charge in [-0.15, -0.1) is 0 Å². The summed E-state index contributed by atoms with van der Waals surface area (Å²) in [5, 5.41) is 2.87. The topological polar surface area (TPSA) is 60.0 Å². The van der Waals surface area contributed by atoms with Crippen LogP contribution in [0.4, 0.5) is 0 Å². The first kappa shape index (κ1) is 25.2. The van der Waals surface area contributed by atoms with Crippen LogP contribution in [0.15, 0.2) is 29.8 Å². The summed E-state index contributed by atoms with van der Waals surface area (Å²) in [5.74, 6) is 1.81. The Balaban J connectivity index is 1.89. The second-order valence-electron chi connectivity index (χ2n) is 8.69. The molecule has 0 aliphatic carbocycles. The maximum absolute atomic E-state index is 12.6. The highest BCUT2D eigenvalue weighted by atomic mass is 16.5. The fourth-order valence-corrected chi connectivity index (χ4v) is 3.85. The summed E-state index contributed by atoms with van der Waals surface area (Å²) in [6.45, 7) is 10.8. The highest BCUT2D eigenvalue weighted by Gasteiger charge is 2.24. The molecule has 1 unspecified atom stereocenters. The molecule has 1 fully saturated rings. The fraction of sp³-hybridized carbons (Fsp3) is 0.640. The summed E-state index contributed by atoms with van der Waals surface area (Å²) in [7, 11) is 3.24. The van der Waals surface area contributed by atoms with E-state index in [1.165, 1.54) is 12.0 Å². The molecule has 1 N–H and O–H groups in total. The molecule has 1 saturated heterocycles. The number of piperidine rings is 1. The van der Waals surface area contributed by atoms with Gasteiger partial charge in [0.2, 0.25) is 0 Å². The smallest absolute Gasteiger partial charge is 0.255 e. The number of carbonyl (C=O) groups is 1. The molecule has 0 bridgehead atoms. The van der Waals surface area contributed by atoms with Gasteiger partial charge < -0.3 is 24.4 Å². The fourth-order valence-electron chi connectivity index (χ4n) is 3.85. The number of hydrogen-bond donors (Lipinski definition) is 1. The Kier molecular flexibility index (Phi) is 10.9. The average molecular weight is 433 g/mol. The van der Waals surface area contributed by atoms with Crippen LogP contribution in [0.2, 0.25) is 0 Å². The van der Waals surface area contributed by atoms with Gasteiger partial charge in [-0.2, -0.15) is 0 Å². The molecular formula is C25H40N2O4. The van der Waals surface area contributed by atoms with E-state index in [0.717, 1.165) is 38.9 Å². The molecule has 1 atom stereocenters. The molecule has 0 saturated carbocycles. The van der Waals surface area contributed by atoms with Gasteiger partial charge in [-0.25, -0.2) is 0 Å². The van der Waals surface area contributed by atoms with Crippen LogP contribution >= 0.6 is 0 Å². The lowest BCUT2D eigenvalue weighted by atomic mass is 10.0. The van der Waals surface area contributed by atoms with Crippen LogP contribution in [-0.2, 0) is 4.74 Å². The minimum absolute atomic E-state index is 0.106. The standard InChI is InChI=1S/C25H40N2O4/c1-19(2)7-6-8-20(3)18-27-14-11-21(12-15-27)31-24-17-22(30-5)9-10-23(24)25(28)26-13-16-29-4/h7,9-10,17,20-21H,6,8,11-16,18H2,1-5H3,(H,26,28). The van der Waals surface area contributed by atoms with Crippen molar-refractivity contribution in [2.75, 3.05) is 47.0 Å². The van der Waals surface area contributed by atoms with E-state index in [2.05, 4.69) is 37.1 Å². The first-order valence-electron chi connectivity index (χ1n) is 11.4. The van der Waals surface area contributed by atoms with Crippen LogP contribution in [-0.4, -0.2) is 63.9 Å². The summed E-state index contributed by atoms with van der Waals surface area (Å²) >= 11 is 0. The Hall–Kier alpha value is -2.05. The maximum atomic E-state index is 12.6. The van der Waals surface area contributed by atoms with Crippen LogP contribution in [0, 0.1) is 5.92 Å². The van der Waals surface area contributed by atoms with Crippen molar-refractivity contribution in [3.8, 4) is 11.5 Å². The van der Waals surface area contributed by atoms with E-state index in [0.29, 0.717) is 36.1 Å². The van der Waals surface area contributed by atoms with Crippen molar-refractivity contribution in [2.45, 2.75) is 52.6 Å². The van der Waals surface area contributed by atoms with Crippen molar-refractivity contribution in [1.82, 2.24) is 10.2 Å². The zero-order valence-corrected chi connectivity index (χ0v) is 19.9. The Morgan fingerprint density at radius 3 is 2.65 bits per heavy atom. The van der Waals surface area contributed by atoms with E-state index in [-0.39, 0.29) is 12.0 Å². The van der Waals surface area contributed by atoms with Gasteiger partial charge in [0.25, 0.3) is 5.91 Å². The largest absolute Gasteiger partial charge is 0.497 e. The minimum Gasteiger partial charge on any atom is -0.497 e. The van der Waals surface area contributed by atoms with Gasteiger partial charge in [0.05, 0.1) is 19.3 Å². The van der Waals surface area contributed by atoms with E-state index in [9.17, 15) is 4.79 Å². The number of allylic oxidation sites excluding steroid dienone is 2. The number of nitrogens with one attached hydrogen (secondary N) is 1. The van der Waals surface area contributed by atoms with Gasteiger partial charge in [-0.3, -0.25) is 4.79 Å². The van der Waals surface area contributed by atoms with Gasteiger partial charge in [-0.1, -0.05) is 18.6 Å². The summed E-state index contributed by atoms with van der Waals surface area (Å²) in [4.78, 5) is 15.1. The maximum Gasteiger partial charge on any atom is 0.255 e. The number of rotatable bonds is 12. The molecule has 1 aromatic rings. The van der Waals surface area contributed by atoms with Crippen molar-refractivity contribution in [3.05, 3.63) is 35.4 Å². The molecule has 0 radical (unpaired) electrons. The van der Waals surface area contributed by atoms with E-state index < -0.39 is 0 Å². The van der Waals surface area contributed by atoms with Gasteiger partial charge >= 0.3 is 0 Å². The molecule has 1 aliphatic rings. The number of likely N-dealkylation sites (tertiary alicyclic amines) is 1. The van der Waals surface area contributed by atoms with Crippen LogP contribution in [0.1, 0.15) is 56.8 Å². The van der Waals surface area contributed by atoms with Crippen LogP contribution in [0.3, 0.4) is 0 Å². The highest BCUT2D eigenvalue weighted by Crippen LogP contribution is 2.28. The second-order valence-corrected chi connectivity index (χ2v) is 8.69.